The van der Waals surface area contributed by atoms with Crippen LogP contribution in [0.1, 0.15) is 33.1 Å². The van der Waals surface area contributed by atoms with Crippen LogP contribution in [0, 0.1) is 0 Å². The Morgan fingerprint density at radius 1 is 1.22 bits per heavy atom. The van der Waals surface area contributed by atoms with E-state index in [-0.39, 0.29) is 6.10 Å². The van der Waals surface area contributed by atoms with Crippen molar-refractivity contribution >= 4 is 0 Å². The molecular formula is C14H29N3O. The van der Waals surface area contributed by atoms with Crippen molar-refractivity contribution in [3.05, 3.63) is 0 Å². The molecule has 4 heteroatoms. The van der Waals surface area contributed by atoms with Gasteiger partial charge in [0.2, 0.25) is 0 Å². The largest absolute Gasteiger partial charge is 0.390 e. The molecule has 2 heterocycles. The highest BCUT2D eigenvalue weighted by atomic mass is 16.3. The van der Waals surface area contributed by atoms with Crippen LogP contribution in [-0.2, 0) is 0 Å². The van der Waals surface area contributed by atoms with Gasteiger partial charge in [0.15, 0.2) is 0 Å². The molecule has 0 aromatic rings. The first-order valence-electron chi connectivity index (χ1n) is 7.42. The van der Waals surface area contributed by atoms with Gasteiger partial charge in [-0.25, -0.2) is 0 Å². The molecule has 0 aromatic heterocycles. The molecule has 0 aromatic carbocycles. The minimum absolute atomic E-state index is 0.241. The van der Waals surface area contributed by atoms with Crippen LogP contribution in [0.5, 0.6) is 0 Å². The van der Waals surface area contributed by atoms with E-state index >= 15 is 0 Å². The molecule has 0 saturated carbocycles. The second-order valence-electron chi connectivity index (χ2n) is 6.32. The molecule has 2 N–H and O–H groups in total. The van der Waals surface area contributed by atoms with E-state index in [0.29, 0.717) is 18.6 Å². The van der Waals surface area contributed by atoms with Gasteiger partial charge in [0.25, 0.3) is 0 Å². The van der Waals surface area contributed by atoms with Gasteiger partial charge in [-0.15, -0.1) is 0 Å². The van der Waals surface area contributed by atoms with Crippen LogP contribution >= 0.6 is 0 Å². The molecule has 0 spiro atoms. The summed E-state index contributed by atoms with van der Waals surface area (Å²) in [6.45, 7) is 8.03. The fourth-order valence-corrected chi connectivity index (χ4v) is 3.28. The third kappa shape index (κ3) is 3.67. The number of nitrogens with zero attached hydrogens (tertiary/aromatic N) is 2. The highest BCUT2D eigenvalue weighted by molar-refractivity contribution is 4.91. The lowest BCUT2D eigenvalue weighted by molar-refractivity contribution is 0.104. The predicted octanol–water partition coefficient (Wildman–Crippen LogP) is 0.514. The van der Waals surface area contributed by atoms with Crippen molar-refractivity contribution in [3.63, 3.8) is 0 Å². The molecule has 0 amide bonds. The number of fused-ring (bicyclic) bond motifs is 2. The number of likely N-dealkylation sites (tertiary alicyclic amines) is 1. The van der Waals surface area contributed by atoms with Crippen molar-refractivity contribution in [2.24, 2.45) is 0 Å². The van der Waals surface area contributed by atoms with Crippen molar-refractivity contribution in [2.45, 2.75) is 57.3 Å². The van der Waals surface area contributed by atoms with Gasteiger partial charge in [-0.3, -0.25) is 9.80 Å². The highest BCUT2D eigenvalue weighted by Crippen LogP contribution is 2.28. The summed E-state index contributed by atoms with van der Waals surface area (Å²) >= 11 is 0. The van der Waals surface area contributed by atoms with Crippen molar-refractivity contribution in [3.8, 4) is 0 Å². The lowest BCUT2D eigenvalue weighted by atomic mass is 10.1. The van der Waals surface area contributed by atoms with Crippen molar-refractivity contribution < 1.29 is 5.11 Å². The zero-order valence-electron chi connectivity index (χ0n) is 12.1. The quantitative estimate of drug-likeness (QED) is 0.751. The van der Waals surface area contributed by atoms with E-state index in [2.05, 4.69) is 36.0 Å². The van der Waals surface area contributed by atoms with Crippen LogP contribution in [0.2, 0.25) is 0 Å². The third-order valence-corrected chi connectivity index (χ3v) is 4.46. The Kier molecular flexibility index (Phi) is 5.01. The standard InChI is InChI=1S/C14H29N3O/c1-11(2)15-8-14(18)10-17-7-6-12-4-5-13(9-17)16(12)3/h11-15,18H,4-10H2,1-3H3. The maximum absolute atomic E-state index is 10.1. The molecule has 2 rings (SSSR count). The van der Waals surface area contributed by atoms with E-state index in [1.54, 1.807) is 0 Å². The van der Waals surface area contributed by atoms with Crippen molar-refractivity contribution in [1.82, 2.24) is 15.1 Å². The summed E-state index contributed by atoms with van der Waals surface area (Å²) in [4.78, 5) is 5.01. The fourth-order valence-electron chi connectivity index (χ4n) is 3.28. The minimum Gasteiger partial charge on any atom is -0.390 e. The van der Waals surface area contributed by atoms with Crippen molar-refractivity contribution in [1.29, 1.82) is 0 Å². The number of hydrogen-bond donors (Lipinski definition) is 2. The Bertz CT molecular complexity index is 259. The number of aliphatic hydroxyl groups excluding tert-OH is 1. The van der Waals surface area contributed by atoms with Gasteiger partial charge >= 0.3 is 0 Å². The molecule has 0 radical (unpaired) electrons. The lowest BCUT2D eigenvalue weighted by Crippen LogP contribution is -2.43. The summed E-state index contributed by atoms with van der Waals surface area (Å²) in [5.41, 5.74) is 0. The first kappa shape index (κ1) is 14.3. The molecule has 3 unspecified atom stereocenters. The third-order valence-electron chi connectivity index (χ3n) is 4.46. The molecule has 2 bridgehead atoms. The van der Waals surface area contributed by atoms with E-state index in [4.69, 9.17) is 0 Å². The molecule has 2 saturated heterocycles. The Hall–Kier alpha value is -0.160. The van der Waals surface area contributed by atoms with Gasteiger partial charge in [0.1, 0.15) is 0 Å². The average molecular weight is 255 g/mol. The second-order valence-corrected chi connectivity index (χ2v) is 6.32. The van der Waals surface area contributed by atoms with Gasteiger partial charge in [-0.2, -0.15) is 0 Å². The van der Waals surface area contributed by atoms with Crippen LogP contribution < -0.4 is 5.32 Å². The smallest absolute Gasteiger partial charge is 0.0791 e. The Morgan fingerprint density at radius 2 is 1.94 bits per heavy atom. The second kappa shape index (κ2) is 6.33. The first-order chi connectivity index (χ1) is 8.56. The molecule has 0 aliphatic carbocycles. The number of hydrogen-bond acceptors (Lipinski definition) is 4. The molecule has 2 aliphatic heterocycles. The molecule has 2 aliphatic rings. The Morgan fingerprint density at radius 3 is 2.67 bits per heavy atom. The summed E-state index contributed by atoms with van der Waals surface area (Å²) in [5, 5.41) is 13.4. The molecule has 4 nitrogen and oxygen atoms in total. The maximum Gasteiger partial charge on any atom is 0.0791 e. The molecule has 2 fully saturated rings. The Balaban J connectivity index is 1.76. The summed E-state index contributed by atoms with van der Waals surface area (Å²) in [6, 6.07) is 1.94. The SMILES string of the molecule is CC(C)NCC(O)CN1CCC2CCC(C1)N2C. The molecule has 18 heavy (non-hydrogen) atoms. The van der Waals surface area contributed by atoms with E-state index < -0.39 is 0 Å². The predicted molar refractivity (Wildman–Crippen MR) is 74.8 cm³/mol. The normalized spacial score (nSPS) is 31.8. The summed E-state index contributed by atoms with van der Waals surface area (Å²) in [6.07, 6.45) is 3.72. The van der Waals surface area contributed by atoms with Crippen LogP contribution in [0.25, 0.3) is 0 Å². The number of aliphatic hydroxyl groups is 1. The molecular weight excluding hydrogens is 226 g/mol. The average Bonchev–Trinajstić information content (AvgIpc) is 2.55. The highest BCUT2D eigenvalue weighted by Gasteiger charge is 2.34. The van der Waals surface area contributed by atoms with Crippen LogP contribution in [0.15, 0.2) is 0 Å². The fraction of sp³-hybridized carbons (Fsp3) is 1.00. The minimum atomic E-state index is -0.241. The first-order valence-corrected chi connectivity index (χ1v) is 7.42. The Labute approximate surface area is 111 Å². The summed E-state index contributed by atoms with van der Waals surface area (Å²) in [7, 11) is 2.27. The van der Waals surface area contributed by atoms with E-state index in [9.17, 15) is 5.11 Å². The van der Waals surface area contributed by atoms with Gasteiger partial charge in [0, 0.05) is 37.8 Å². The zero-order chi connectivity index (χ0) is 13.1. The van der Waals surface area contributed by atoms with Gasteiger partial charge in [-0.05, 0) is 32.9 Å². The number of rotatable bonds is 5. The number of β-amino-alcohol motifs (C(OH)–C–C–N with tert-alkyl or cyclic N) is 1. The number of likely N-dealkylation sites (N-methyl/N-ethyl adjacent to an activating group) is 1. The van der Waals surface area contributed by atoms with Gasteiger partial charge in [0.05, 0.1) is 6.10 Å². The molecule has 3 atom stereocenters. The van der Waals surface area contributed by atoms with Crippen LogP contribution in [0.3, 0.4) is 0 Å². The van der Waals surface area contributed by atoms with E-state index in [1.807, 2.05) is 0 Å². The summed E-state index contributed by atoms with van der Waals surface area (Å²) < 4.78 is 0. The van der Waals surface area contributed by atoms with Crippen LogP contribution in [-0.4, -0.2) is 72.4 Å². The van der Waals surface area contributed by atoms with Gasteiger partial charge < -0.3 is 10.4 Å². The van der Waals surface area contributed by atoms with E-state index in [1.165, 1.54) is 19.3 Å². The monoisotopic (exact) mass is 255 g/mol. The topological polar surface area (TPSA) is 38.7 Å². The van der Waals surface area contributed by atoms with Crippen molar-refractivity contribution in [2.75, 3.05) is 33.2 Å². The summed E-state index contributed by atoms with van der Waals surface area (Å²) in [5.74, 6) is 0. The zero-order valence-corrected chi connectivity index (χ0v) is 12.1. The lowest BCUT2D eigenvalue weighted by Gasteiger charge is -2.27. The van der Waals surface area contributed by atoms with Gasteiger partial charge in [-0.1, -0.05) is 13.8 Å². The molecule has 106 valence electrons. The number of nitrogens with one attached hydrogen (secondary N) is 1. The van der Waals surface area contributed by atoms with Crippen LogP contribution in [0.4, 0.5) is 0 Å². The maximum atomic E-state index is 10.1. The van der Waals surface area contributed by atoms with E-state index in [0.717, 1.165) is 25.7 Å².